The van der Waals surface area contributed by atoms with E-state index in [1.807, 2.05) is 0 Å². The Kier molecular flexibility index (Phi) is 4.36. The lowest BCUT2D eigenvalue weighted by Crippen LogP contribution is -2.43. The minimum absolute atomic E-state index is 0.0242. The molecule has 1 fully saturated rings. The summed E-state index contributed by atoms with van der Waals surface area (Å²) in [5.41, 5.74) is -0.0759. The summed E-state index contributed by atoms with van der Waals surface area (Å²) in [5, 5.41) is 0. The number of halogens is 5. The van der Waals surface area contributed by atoms with Gasteiger partial charge in [0.05, 0.1) is 10.9 Å². The van der Waals surface area contributed by atoms with E-state index >= 15 is 0 Å². The number of rotatable bonds is 2. The van der Waals surface area contributed by atoms with Crippen LogP contribution in [0.1, 0.15) is 18.4 Å². The van der Waals surface area contributed by atoms with Crippen LogP contribution in [0, 0.1) is 11.6 Å². The predicted octanol–water partition coefficient (Wildman–Crippen LogP) is 3.53. The van der Waals surface area contributed by atoms with Gasteiger partial charge in [0, 0.05) is 31.5 Å². The number of amides is 1. The van der Waals surface area contributed by atoms with Gasteiger partial charge in [0.2, 0.25) is 5.91 Å². The fourth-order valence-corrected chi connectivity index (χ4v) is 2.37. The monoisotopic (exact) mass is 353 g/mol. The summed E-state index contributed by atoms with van der Waals surface area (Å²) in [6.07, 6.45) is -1.12. The molecule has 1 aliphatic heterocycles. The largest absolute Gasteiger partial charge is 0.342 e. The first-order valence-corrected chi connectivity index (χ1v) is 6.87. The van der Waals surface area contributed by atoms with E-state index in [1.54, 1.807) is 0 Å². The van der Waals surface area contributed by atoms with Crippen molar-refractivity contribution in [1.29, 1.82) is 0 Å². The van der Waals surface area contributed by atoms with Gasteiger partial charge in [-0.3, -0.25) is 4.79 Å². The molecule has 0 radical (unpaired) electrons. The summed E-state index contributed by atoms with van der Waals surface area (Å²) in [5.74, 6) is -4.58. The molecule has 1 saturated heterocycles. The Bertz CT molecular complexity index is 525. The number of hydrogen-bond donors (Lipinski definition) is 0. The molecule has 20 heavy (non-hydrogen) atoms. The molecule has 110 valence electrons. The maximum absolute atomic E-state index is 13.6. The van der Waals surface area contributed by atoms with Crippen LogP contribution in [-0.2, 0) is 11.2 Å². The van der Waals surface area contributed by atoms with E-state index in [1.165, 1.54) is 4.90 Å². The van der Waals surface area contributed by atoms with Gasteiger partial charge >= 0.3 is 0 Å². The average molecular weight is 354 g/mol. The van der Waals surface area contributed by atoms with Gasteiger partial charge in [-0.05, 0) is 28.1 Å². The van der Waals surface area contributed by atoms with Crippen LogP contribution >= 0.6 is 15.9 Å². The van der Waals surface area contributed by atoms with Gasteiger partial charge in [-0.2, -0.15) is 0 Å². The smallest absolute Gasteiger partial charge is 0.251 e. The van der Waals surface area contributed by atoms with E-state index in [-0.39, 0.29) is 29.5 Å². The predicted molar refractivity (Wildman–Crippen MR) is 68.5 cm³/mol. The molecule has 1 aromatic rings. The normalized spacial score (nSPS) is 18.1. The van der Waals surface area contributed by atoms with Gasteiger partial charge in [0.1, 0.15) is 11.6 Å². The number of carbonyl (C=O) groups is 1. The highest BCUT2D eigenvalue weighted by Crippen LogP contribution is 2.28. The lowest BCUT2D eigenvalue weighted by molar-refractivity contribution is -0.136. The van der Waals surface area contributed by atoms with Gasteiger partial charge in [0.15, 0.2) is 0 Å². The Morgan fingerprint density at radius 1 is 1.20 bits per heavy atom. The fourth-order valence-electron chi connectivity index (χ4n) is 2.06. The first-order chi connectivity index (χ1) is 9.28. The van der Waals surface area contributed by atoms with Crippen molar-refractivity contribution < 1.29 is 22.4 Å². The Hall–Kier alpha value is -1.11. The van der Waals surface area contributed by atoms with Gasteiger partial charge < -0.3 is 4.90 Å². The van der Waals surface area contributed by atoms with E-state index in [4.69, 9.17) is 0 Å². The lowest BCUT2D eigenvalue weighted by Gasteiger charge is -2.31. The third-order valence-electron chi connectivity index (χ3n) is 3.28. The number of hydrogen-bond acceptors (Lipinski definition) is 1. The van der Waals surface area contributed by atoms with Gasteiger partial charge in [-0.1, -0.05) is 0 Å². The molecule has 2 rings (SSSR count). The highest BCUT2D eigenvalue weighted by Gasteiger charge is 2.35. The van der Waals surface area contributed by atoms with Crippen molar-refractivity contribution in [2.45, 2.75) is 25.2 Å². The maximum Gasteiger partial charge on any atom is 0.251 e. The van der Waals surface area contributed by atoms with Crippen molar-refractivity contribution in [3.63, 3.8) is 0 Å². The SMILES string of the molecule is O=C(Cc1cc(F)c(Br)cc1F)N1CCC(F)(F)CC1. The number of likely N-dealkylation sites (tertiary alicyclic amines) is 1. The summed E-state index contributed by atoms with van der Waals surface area (Å²) in [6.45, 7) is -0.126. The fraction of sp³-hybridized carbons (Fsp3) is 0.462. The Morgan fingerprint density at radius 3 is 2.40 bits per heavy atom. The second kappa shape index (κ2) is 5.71. The molecule has 0 spiro atoms. The van der Waals surface area contributed by atoms with Crippen LogP contribution in [0.15, 0.2) is 16.6 Å². The molecule has 1 heterocycles. The molecule has 1 amide bonds. The quantitative estimate of drug-likeness (QED) is 0.588. The second-order valence-corrected chi connectivity index (χ2v) is 5.63. The highest BCUT2D eigenvalue weighted by molar-refractivity contribution is 9.10. The standard InChI is InChI=1S/C13H12BrF4NO/c14-9-7-10(15)8(5-11(9)16)6-12(20)19-3-1-13(17,18)2-4-19/h5,7H,1-4,6H2. The number of piperidine rings is 1. The van der Waals surface area contributed by atoms with E-state index in [9.17, 15) is 22.4 Å². The minimum Gasteiger partial charge on any atom is -0.342 e. The van der Waals surface area contributed by atoms with Crippen LogP contribution in [0.5, 0.6) is 0 Å². The molecule has 0 aromatic heterocycles. The van der Waals surface area contributed by atoms with Crippen molar-refractivity contribution in [2.24, 2.45) is 0 Å². The molecule has 0 atom stereocenters. The second-order valence-electron chi connectivity index (χ2n) is 4.77. The average Bonchev–Trinajstić information content (AvgIpc) is 2.35. The number of nitrogens with zero attached hydrogens (tertiary/aromatic N) is 1. The zero-order chi connectivity index (χ0) is 14.9. The maximum atomic E-state index is 13.6. The number of benzene rings is 1. The Labute approximate surface area is 121 Å². The molecule has 0 bridgehead atoms. The lowest BCUT2D eigenvalue weighted by atomic mass is 10.0. The summed E-state index contributed by atoms with van der Waals surface area (Å²) < 4.78 is 52.8. The van der Waals surface area contributed by atoms with Crippen molar-refractivity contribution in [3.8, 4) is 0 Å². The first kappa shape index (κ1) is 15.3. The summed E-state index contributed by atoms with van der Waals surface area (Å²) in [4.78, 5) is 13.2. The number of carbonyl (C=O) groups excluding carboxylic acids is 1. The van der Waals surface area contributed by atoms with Gasteiger partial charge in [0.25, 0.3) is 5.92 Å². The molecular formula is C13H12BrF4NO. The third kappa shape index (κ3) is 3.50. The number of alkyl halides is 2. The van der Waals surface area contributed by atoms with Gasteiger partial charge in [-0.15, -0.1) is 0 Å². The van der Waals surface area contributed by atoms with Crippen LogP contribution < -0.4 is 0 Å². The van der Waals surface area contributed by atoms with Crippen LogP contribution in [-0.4, -0.2) is 29.8 Å². The molecule has 1 aromatic carbocycles. The van der Waals surface area contributed by atoms with Crippen LogP contribution in [0.25, 0.3) is 0 Å². The molecule has 7 heteroatoms. The van der Waals surface area contributed by atoms with Crippen LogP contribution in [0.4, 0.5) is 17.6 Å². The molecule has 1 aliphatic rings. The van der Waals surface area contributed by atoms with Crippen molar-refractivity contribution in [2.75, 3.05) is 13.1 Å². The molecule has 2 nitrogen and oxygen atoms in total. The minimum atomic E-state index is -2.74. The van der Waals surface area contributed by atoms with E-state index < -0.39 is 36.3 Å². The van der Waals surface area contributed by atoms with E-state index in [0.717, 1.165) is 12.1 Å². The van der Waals surface area contributed by atoms with Crippen molar-refractivity contribution in [1.82, 2.24) is 4.90 Å². The van der Waals surface area contributed by atoms with E-state index in [0.29, 0.717) is 0 Å². The highest BCUT2D eigenvalue weighted by atomic mass is 79.9. The zero-order valence-corrected chi connectivity index (χ0v) is 12.0. The molecule has 0 aliphatic carbocycles. The Morgan fingerprint density at radius 2 is 1.80 bits per heavy atom. The molecule has 0 N–H and O–H groups in total. The third-order valence-corrected chi connectivity index (χ3v) is 3.89. The summed E-state index contributed by atoms with van der Waals surface area (Å²) in [6, 6.07) is 1.89. The molecule has 0 unspecified atom stereocenters. The molecular weight excluding hydrogens is 342 g/mol. The molecule has 0 saturated carbocycles. The van der Waals surface area contributed by atoms with Crippen LogP contribution in [0.3, 0.4) is 0 Å². The Balaban J connectivity index is 2.04. The van der Waals surface area contributed by atoms with Crippen LogP contribution in [0.2, 0.25) is 0 Å². The summed E-state index contributed by atoms with van der Waals surface area (Å²) in [7, 11) is 0. The van der Waals surface area contributed by atoms with E-state index in [2.05, 4.69) is 15.9 Å². The zero-order valence-electron chi connectivity index (χ0n) is 10.4. The van der Waals surface area contributed by atoms with Gasteiger partial charge in [-0.25, -0.2) is 17.6 Å². The first-order valence-electron chi connectivity index (χ1n) is 6.07. The van der Waals surface area contributed by atoms with Crippen molar-refractivity contribution >= 4 is 21.8 Å². The topological polar surface area (TPSA) is 20.3 Å². The summed E-state index contributed by atoms with van der Waals surface area (Å²) >= 11 is 2.84. The van der Waals surface area contributed by atoms with Crippen molar-refractivity contribution in [3.05, 3.63) is 33.8 Å².